The molecular formula is C50H33NS. The van der Waals surface area contributed by atoms with Crippen molar-refractivity contribution in [2.24, 2.45) is 0 Å². The van der Waals surface area contributed by atoms with E-state index in [4.69, 9.17) is 0 Å². The largest absolute Gasteiger partial charge is 0.309 e. The van der Waals surface area contributed by atoms with Crippen molar-refractivity contribution in [3.63, 3.8) is 0 Å². The average Bonchev–Trinajstić information content (AvgIpc) is 3.59. The van der Waals surface area contributed by atoms with Crippen molar-refractivity contribution in [2.45, 2.75) is 0 Å². The van der Waals surface area contributed by atoms with Crippen LogP contribution in [0.4, 0.5) is 17.1 Å². The molecule has 0 radical (unpaired) electrons. The Morgan fingerprint density at radius 2 is 0.865 bits per heavy atom. The molecule has 0 unspecified atom stereocenters. The van der Waals surface area contributed by atoms with Crippen LogP contribution in [0.2, 0.25) is 0 Å². The van der Waals surface area contributed by atoms with E-state index in [1.165, 1.54) is 75.1 Å². The molecule has 52 heavy (non-hydrogen) atoms. The summed E-state index contributed by atoms with van der Waals surface area (Å²) >= 11 is 1.87. The molecule has 10 rings (SSSR count). The van der Waals surface area contributed by atoms with E-state index in [9.17, 15) is 0 Å². The highest BCUT2D eigenvalue weighted by molar-refractivity contribution is 7.25. The molecule has 0 spiro atoms. The van der Waals surface area contributed by atoms with Gasteiger partial charge in [-0.2, -0.15) is 0 Å². The third kappa shape index (κ3) is 5.33. The minimum atomic E-state index is 1.11. The molecule has 0 aliphatic carbocycles. The molecule has 1 aromatic heterocycles. The number of nitrogens with zero attached hydrogens (tertiary/aromatic N) is 1. The Balaban J connectivity index is 1.06. The lowest BCUT2D eigenvalue weighted by atomic mass is 9.97. The Morgan fingerprint density at radius 3 is 1.69 bits per heavy atom. The maximum absolute atomic E-state index is 2.43. The lowest BCUT2D eigenvalue weighted by molar-refractivity contribution is 1.30. The van der Waals surface area contributed by atoms with Crippen LogP contribution in [-0.4, -0.2) is 0 Å². The molecule has 244 valence electrons. The van der Waals surface area contributed by atoms with Gasteiger partial charge < -0.3 is 4.90 Å². The van der Waals surface area contributed by atoms with Gasteiger partial charge in [0.25, 0.3) is 0 Å². The Bertz CT molecular complexity index is 2890. The molecule has 0 amide bonds. The van der Waals surface area contributed by atoms with E-state index >= 15 is 0 Å². The number of anilines is 3. The maximum atomic E-state index is 2.43. The summed E-state index contributed by atoms with van der Waals surface area (Å²) in [7, 11) is 0. The molecule has 0 saturated carbocycles. The molecule has 0 fully saturated rings. The number of para-hydroxylation sites is 1. The molecule has 10 aromatic rings. The van der Waals surface area contributed by atoms with E-state index in [0.29, 0.717) is 0 Å². The first-order valence-corrected chi connectivity index (χ1v) is 18.6. The van der Waals surface area contributed by atoms with E-state index in [0.717, 1.165) is 17.1 Å². The van der Waals surface area contributed by atoms with Crippen LogP contribution in [0, 0.1) is 0 Å². The van der Waals surface area contributed by atoms with Crippen LogP contribution >= 0.6 is 11.3 Å². The van der Waals surface area contributed by atoms with Crippen LogP contribution < -0.4 is 4.90 Å². The zero-order chi connectivity index (χ0) is 34.4. The summed E-state index contributed by atoms with van der Waals surface area (Å²) in [5.74, 6) is 0. The predicted molar refractivity (Wildman–Crippen MR) is 225 cm³/mol. The topological polar surface area (TPSA) is 3.24 Å². The second-order valence-electron chi connectivity index (χ2n) is 13.3. The van der Waals surface area contributed by atoms with Crippen LogP contribution in [0.25, 0.3) is 75.1 Å². The molecular weight excluding hydrogens is 647 g/mol. The van der Waals surface area contributed by atoms with Gasteiger partial charge in [-0.1, -0.05) is 158 Å². The van der Waals surface area contributed by atoms with Crippen molar-refractivity contribution in [1.29, 1.82) is 0 Å². The van der Waals surface area contributed by atoms with E-state index in [-0.39, 0.29) is 0 Å². The number of hydrogen-bond acceptors (Lipinski definition) is 2. The lowest BCUT2D eigenvalue weighted by Gasteiger charge is -2.29. The molecule has 1 heterocycles. The standard InChI is InChI=1S/C50H33NS/c1-2-12-39-32-40(25-24-34(39)10-1)37-22-20-35(21-23-37)36-26-29-42(30-27-36)51(48-18-9-13-38-11-3-4-14-43(38)48)47-17-7-5-15-44(47)41-28-31-46-45-16-6-8-19-49(45)52-50(46)33-41/h1-33H. The van der Waals surface area contributed by atoms with Crippen molar-refractivity contribution < 1.29 is 0 Å². The van der Waals surface area contributed by atoms with E-state index < -0.39 is 0 Å². The van der Waals surface area contributed by atoms with Crippen LogP contribution in [0.15, 0.2) is 200 Å². The number of benzene rings is 9. The summed E-state index contributed by atoms with van der Waals surface area (Å²) in [6, 6.07) is 73.0. The second kappa shape index (κ2) is 12.7. The third-order valence-electron chi connectivity index (χ3n) is 10.3. The Hall–Kier alpha value is -6.48. The fourth-order valence-electron chi connectivity index (χ4n) is 7.64. The summed E-state index contributed by atoms with van der Waals surface area (Å²) in [6.07, 6.45) is 0. The predicted octanol–water partition coefficient (Wildman–Crippen LogP) is 14.8. The van der Waals surface area contributed by atoms with E-state index in [1.54, 1.807) is 0 Å². The summed E-state index contributed by atoms with van der Waals surface area (Å²) in [6.45, 7) is 0. The van der Waals surface area contributed by atoms with Gasteiger partial charge in [-0.15, -0.1) is 11.3 Å². The number of hydrogen-bond donors (Lipinski definition) is 0. The fourth-order valence-corrected chi connectivity index (χ4v) is 8.79. The molecule has 2 heteroatoms. The molecule has 0 aliphatic heterocycles. The zero-order valence-corrected chi connectivity index (χ0v) is 29.2. The summed E-state index contributed by atoms with van der Waals surface area (Å²) in [5.41, 5.74) is 10.7. The SMILES string of the molecule is c1ccc(N(c2ccc(-c3ccc(-c4ccc5ccccc5c4)cc3)cc2)c2cccc3ccccc23)c(-c2ccc3c(c2)sc2ccccc23)c1. The van der Waals surface area contributed by atoms with Gasteiger partial charge in [0, 0.05) is 36.8 Å². The number of rotatable bonds is 6. The normalized spacial score (nSPS) is 11.5. The van der Waals surface area contributed by atoms with Gasteiger partial charge in [0.2, 0.25) is 0 Å². The lowest BCUT2D eigenvalue weighted by Crippen LogP contribution is -2.11. The van der Waals surface area contributed by atoms with Crippen molar-refractivity contribution >= 4 is 70.1 Å². The summed E-state index contributed by atoms with van der Waals surface area (Å²) < 4.78 is 2.63. The molecule has 0 bridgehead atoms. The Labute approximate surface area is 307 Å². The van der Waals surface area contributed by atoms with Crippen LogP contribution in [0.1, 0.15) is 0 Å². The van der Waals surface area contributed by atoms with Crippen LogP contribution in [0.3, 0.4) is 0 Å². The van der Waals surface area contributed by atoms with Crippen molar-refractivity contribution in [3.05, 3.63) is 200 Å². The summed E-state index contributed by atoms with van der Waals surface area (Å²) in [4.78, 5) is 2.43. The van der Waals surface area contributed by atoms with E-state index in [2.05, 4.69) is 205 Å². The quantitative estimate of drug-likeness (QED) is 0.169. The highest BCUT2D eigenvalue weighted by Crippen LogP contribution is 2.45. The smallest absolute Gasteiger partial charge is 0.0540 e. The van der Waals surface area contributed by atoms with Gasteiger partial charge in [-0.3, -0.25) is 0 Å². The van der Waals surface area contributed by atoms with Gasteiger partial charge in [0.15, 0.2) is 0 Å². The van der Waals surface area contributed by atoms with Gasteiger partial charge in [0.05, 0.1) is 11.4 Å². The third-order valence-corrected chi connectivity index (χ3v) is 11.4. The number of thiophene rings is 1. The van der Waals surface area contributed by atoms with Crippen LogP contribution in [-0.2, 0) is 0 Å². The van der Waals surface area contributed by atoms with E-state index in [1.807, 2.05) is 11.3 Å². The van der Waals surface area contributed by atoms with Crippen molar-refractivity contribution in [3.8, 4) is 33.4 Å². The van der Waals surface area contributed by atoms with Gasteiger partial charge in [-0.05, 0) is 86.4 Å². The molecule has 1 nitrogen and oxygen atoms in total. The average molecular weight is 680 g/mol. The Morgan fingerprint density at radius 1 is 0.308 bits per heavy atom. The first kappa shape index (κ1) is 30.4. The summed E-state index contributed by atoms with van der Waals surface area (Å²) in [5, 5.41) is 7.60. The zero-order valence-electron chi connectivity index (χ0n) is 28.4. The molecule has 0 saturated heterocycles. The molecule has 9 aromatic carbocycles. The van der Waals surface area contributed by atoms with Gasteiger partial charge >= 0.3 is 0 Å². The molecule has 0 atom stereocenters. The monoisotopic (exact) mass is 679 g/mol. The number of fused-ring (bicyclic) bond motifs is 5. The minimum Gasteiger partial charge on any atom is -0.309 e. The minimum absolute atomic E-state index is 1.11. The first-order valence-electron chi connectivity index (χ1n) is 17.8. The second-order valence-corrected chi connectivity index (χ2v) is 14.4. The molecule has 0 N–H and O–H groups in total. The van der Waals surface area contributed by atoms with Gasteiger partial charge in [0.1, 0.15) is 0 Å². The first-order chi connectivity index (χ1) is 25.8. The van der Waals surface area contributed by atoms with Crippen molar-refractivity contribution in [2.75, 3.05) is 4.90 Å². The van der Waals surface area contributed by atoms with Gasteiger partial charge in [-0.25, -0.2) is 0 Å². The van der Waals surface area contributed by atoms with Crippen molar-refractivity contribution in [1.82, 2.24) is 0 Å². The molecule has 0 aliphatic rings. The highest BCUT2D eigenvalue weighted by Gasteiger charge is 2.20. The highest BCUT2D eigenvalue weighted by atomic mass is 32.1. The maximum Gasteiger partial charge on any atom is 0.0540 e. The fraction of sp³-hybridized carbons (Fsp3) is 0. The van der Waals surface area contributed by atoms with Crippen LogP contribution in [0.5, 0.6) is 0 Å². The Kier molecular flexibility index (Phi) is 7.41.